The molecular formula is C25H25N3O3. The van der Waals surface area contributed by atoms with Gasteiger partial charge in [-0.2, -0.15) is 0 Å². The Morgan fingerprint density at radius 3 is 2.45 bits per heavy atom. The minimum atomic E-state index is -0.574. The van der Waals surface area contributed by atoms with Crippen LogP contribution >= 0.6 is 0 Å². The number of nitrogens with zero attached hydrogens (tertiary/aromatic N) is 3. The van der Waals surface area contributed by atoms with Gasteiger partial charge in [0.05, 0.1) is 12.5 Å². The van der Waals surface area contributed by atoms with Crippen molar-refractivity contribution in [2.45, 2.75) is 45.8 Å². The summed E-state index contributed by atoms with van der Waals surface area (Å²) in [6.07, 6.45) is 4.88. The molecule has 1 aliphatic heterocycles. The van der Waals surface area contributed by atoms with Crippen molar-refractivity contribution in [3.05, 3.63) is 77.9 Å². The molecule has 6 heteroatoms. The van der Waals surface area contributed by atoms with E-state index in [1.54, 1.807) is 17.3 Å². The number of fused-ring (bicyclic) bond motifs is 1. The van der Waals surface area contributed by atoms with Gasteiger partial charge in [0.1, 0.15) is 11.9 Å². The SMILES string of the molecule is CC(C(=O)OC(C)(C)C)c1ccc(N2Cc3ccccc3C2=O)cc1-c1cncnc1. The van der Waals surface area contributed by atoms with E-state index in [-0.39, 0.29) is 11.9 Å². The Morgan fingerprint density at radius 2 is 1.77 bits per heavy atom. The number of carbonyl (C=O) groups excluding carboxylic acids is 2. The van der Waals surface area contributed by atoms with Crippen LogP contribution in [0.15, 0.2) is 61.2 Å². The second-order valence-electron chi connectivity index (χ2n) is 8.70. The Labute approximate surface area is 181 Å². The topological polar surface area (TPSA) is 72.4 Å². The van der Waals surface area contributed by atoms with Crippen molar-refractivity contribution < 1.29 is 14.3 Å². The number of carbonyl (C=O) groups is 2. The van der Waals surface area contributed by atoms with Gasteiger partial charge in [-0.15, -0.1) is 0 Å². The third kappa shape index (κ3) is 4.19. The van der Waals surface area contributed by atoms with Gasteiger partial charge >= 0.3 is 5.97 Å². The molecule has 0 spiro atoms. The molecule has 158 valence electrons. The van der Waals surface area contributed by atoms with Crippen molar-refractivity contribution >= 4 is 17.6 Å². The first kappa shape index (κ1) is 20.7. The molecule has 1 amide bonds. The van der Waals surface area contributed by atoms with Gasteiger partial charge in [-0.05, 0) is 62.6 Å². The summed E-state index contributed by atoms with van der Waals surface area (Å²) in [4.78, 5) is 35.7. The number of rotatable bonds is 4. The number of amides is 1. The maximum atomic E-state index is 13.0. The normalized spacial score (nSPS) is 14.3. The summed E-state index contributed by atoms with van der Waals surface area (Å²) in [6, 6.07) is 13.3. The van der Waals surface area contributed by atoms with Gasteiger partial charge in [0.25, 0.3) is 5.91 Å². The molecule has 1 atom stereocenters. The van der Waals surface area contributed by atoms with Gasteiger partial charge in [-0.1, -0.05) is 24.3 Å². The van der Waals surface area contributed by atoms with Crippen LogP contribution in [0.1, 0.15) is 55.1 Å². The smallest absolute Gasteiger partial charge is 0.313 e. The Hall–Kier alpha value is -3.54. The van der Waals surface area contributed by atoms with E-state index >= 15 is 0 Å². The fraction of sp³-hybridized carbons (Fsp3) is 0.280. The van der Waals surface area contributed by atoms with E-state index in [0.717, 1.165) is 33.5 Å². The summed E-state index contributed by atoms with van der Waals surface area (Å²) in [5, 5.41) is 0. The van der Waals surface area contributed by atoms with Crippen LogP contribution in [0.5, 0.6) is 0 Å². The Bertz CT molecular complexity index is 1140. The predicted octanol–water partition coefficient (Wildman–Crippen LogP) is 4.75. The van der Waals surface area contributed by atoms with Crippen molar-refractivity contribution in [2.75, 3.05) is 4.90 Å². The van der Waals surface area contributed by atoms with Crippen molar-refractivity contribution in [1.29, 1.82) is 0 Å². The molecule has 0 aliphatic carbocycles. The van der Waals surface area contributed by atoms with Crippen molar-refractivity contribution in [3.63, 3.8) is 0 Å². The zero-order valence-corrected chi connectivity index (χ0v) is 18.1. The number of hydrogen-bond acceptors (Lipinski definition) is 5. The molecule has 0 saturated carbocycles. The van der Waals surface area contributed by atoms with E-state index in [4.69, 9.17) is 4.74 Å². The van der Waals surface area contributed by atoms with Gasteiger partial charge in [0.15, 0.2) is 0 Å². The first-order valence-corrected chi connectivity index (χ1v) is 10.3. The Kier molecular flexibility index (Phi) is 5.31. The standard InChI is InChI=1S/C25H25N3O3/c1-16(24(30)31-25(2,3)4)20-10-9-19(11-22(20)18-12-26-15-27-13-18)28-14-17-7-5-6-8-21(17)23(28)29/h5-13,15-16H,14H2,1-4H3. The lowest BCUT2D eigenvalue weighted by Gasteiger charge is -2.24. The number of aromatic nitrogens is 2. The summed E-state index contributed by atoms with van der Waals surface area (Å²) < 4.78 is 5.60. The van der Waals surface area contributed by atoms with Gasteiger partial charge in [-0.3, -0.25) is 9.59 Å². The van der Waals surface area contributed by atoms with Crippen LogP contribution in [0.25, 0.3) is 11.1 Å². The van der Waals surface area contributed by atoms with Crippen LogP contribution in [-0.2, 0) is 16.1 Å². The molecule has 1 unspecified atom stereocenters. The molecule has 0 radical (unpaired) electrons. The van der Waals surface area contributed by atoms with E-state index in [0.29, 0.717) is 6.54 Å². The summed E-state index contributed by atoms with van der Waals surface area (Å²) in [6.45, 7) is 7.89. The van der Waals surface area contributed by atoms with Crippen LogP contribution in [0.4, 0.5) is 5.69 Å². The minimum absolute atomic E-state index is 0.0289. The van der Waals surface area contributed by atoms with Crippen LogP contribution in [0.2, 0.25) is 0 Å². The highest BCUT2D eigenvalue weighted by atomic mass is 16.6. The molecular weight excluding hydrogens is 390 g/mol. The largest absolute Gasteiger partial charge is 0.460 e. The third-order valence-electron chi connectivity index (χ3n) is 5.27. The second-order valence-corrected chi connectivity index (χ2v) is 8.70. The van der Waals surface area contributed by atoms with Gasteiger partial charge < -0.3 is 9.64 Å². The molecule has 1 aromatic heterocycles. The van der Waals surface area contributed by atoms with Crippen LogP contribution < -0.4 is 4.90 Å². The molecule has 0 fully saturated rings. The van der Waals surface area contributed by atoms with E-state index in [1.807, 2.05) is 70.2 Å². The first-order chi connectivity index (χ1) is 14.7. The van der Waals surface area contributed by atoms with E-state index < -0.39 is 11.5 Å². The molecule has 3 aromatic rings. The quantitative estimate of drug-likeness (QED) is 0.575. The summed E-state index contributed by atoms with van der Waals surface area (Å²) in [5.74, 6) is -0.822. The average Bonchev–Trinajstić information content (AvgIpc) is 3.09. The number of hydrogen-bond donors (Lipinski definition) is 0. The minimum Gasteiger partial charge on any atom is -0.460 e. The lowest BCUT2D eigenvalue weighted by atomic mass is 9.91. The molecule has 2 aromatic carbocycles. The predicted molar refractivity (Wildman–Crippen MR) is 119 cm³/mol. The Balaban J connectivity index is 1.75. The summed E-state index contributed by atoms with van der Waals surface area (Å²) in [5.41, 5.74) is 4.30. The highest BCUT2D eigenvalue weighted by Crippen LogP contribution is 2.36. The molecule has 0 saturated heterocycles. The molecule has 31 heavy (non-hydrogen) atoms. The molecule has 0 bridgehead atoms. The zero-order valence-electron chi connectivity index (χ0n) is 18.1. The number of esters is 1. The second kappa shape index (κ2) is 7.95. The van der Waals surface area contributed by atoms with Crippen molar-refractivity contribution in [3.8, 4) is 11.1 Å². The van der Waals surface area contributed by atoms with Gasteiger partial charge in [0.2, 0.25) is 0 Å². The maximum absolute atomic E-state index is 13.0. The fourth-order valence-corrected chi connectivity index (χ4v) is 3.76. The monoisotopic (exact) mass is 415 g/mol. The number of anilines is 1. The fourth-order valence-electron chi connectivity index (χ4n) is 3.76. The lowest BCUT2D eigenvalue weighted by Crippen LogP contribution is -2.27. The van der Waals surface area contributed by atoms with Crippen molar-refractivity contribution in [2.24, 2.45) is 0 Å². The van der Waals surface area contributed by atoms with E-state index in [1.165, 1.54) is 6.33 Å². The highest BCUT2D eigenvalue weighted by Gasteiger charge is 2.30. The van der Waals surface area contributed by atoms with Crippen LogP contribution in [0, 0.1) is 0 Å². The van der Waals surface area contributed by atoms with E-state index in [2.05, 4.69) is 9.97 Å². The number of benzene rings is 2. The maximum Gasteiger partial charge on any atom is 0.313 e. The zero-order chi connectivity index (χ0) is 22.2. The Morgan fingerprint density at radius 1 is 1.06 bits per heavy atom. The third-order valence-corrected chi connectivity index (χ3v) is 5.27. The van der Waals surface area contributed by atoms with Crippen LogP contribution in [0.3, 0.4) is 0 Å². The number of ether oxygens (including phenoxy) is 1. The highest BCUT2D eigenvalue weighted by molar-refractivity contribution is 6.10. The first-order valence-electron chi connectivity index (χ1n) is 10.3. The average molecular weight is 415 g/mol. The van der Waals surface area contributed by atoms with Crippen molar-refractivity contribution in [1.82, 2.24) is 9.97 Å². The summed E-state index contributed by atoms with van der Waals surface area (Å²) in [7, 11) is 0. The molecule has 6 nitrogen and oxygen atoms in total. The molecule has 4 rings (SSSR count). The van der Waals surface area contributed by atoms with E-state index in [9.17, 15) is 9.59 Å². The van der Waals surface area contributed by atoms with Gasteiger partial charge in [0, 0.05) is 29.2 Å². The molecule has 1 aliphatic rings. The summed E-state index contributed by atoms with van der Waals surface area (Å²) >= 11 is 0. The lowest BCUT2D eigenvalue weighted by molar-refractivity contribution is -0.156. The van der Waals surface area contributed by atoms with Crippen LogP contribution in [-0.4, -0.2) is 27.4 Å². The molecule has 2 heterocycles. The molecule has 0 N–H and O–H groups in total. The van der Waals surface area contributed by atoms with Gasteiger partial charge in [-0.25, -0.2) is 9.97 Å².